The summed E-state index contributed by atoms with van der Waals surface area (Å²) in [6.45, 7) is 3.10. The summed E-state index contributed by atoms with van der Waals surface area (Å²) in [5, 5.41) is 19.2. The van der Waals surface area contributed by atoms with Crippen molar-refractivity contribution in [1.29, 1.82) is 0 Å². The van der Waals surface area contributed by atoms with Gasteiger partial charge in [-0.3, -0.25) is 33.8 Å². The predicted molar refractivity (Wildman–Crippen MR) is 146 cm³/mol. The smallest absolute Gasteiger partial charge is 0.305 e. The first-order chi connectivity index (χ1) is 18.8. The number of carbonyl (C=O) groups excluding carboxylic acids is 5. The molecule has 0 aliphatic carbocycles. The molecule has 1 aromatic heterocycles. The average Bonchev–Trinajstić information content (AvgIpc) is 3.36. The largest absolute Gasteiger partial charge is 0.481 e. The number of aliphatic carboxylic acids is 1. The van der Waals surface area contributed by atoms with E-state index in [1.54, 1.807) is 19.9 Å². The summed E-state index contributed by atoms with van der Waals surface area (Å²) in [5.74, 6) is -5.01. The topological polar surface area (TPSA) is 238 Å². The van der Waals surface area contributed by atoms with E-state index in [1.165, 1.54) is 18.0 Å². The highest BCUT2D eigenvalue weighted by atomic mass is 32.1. The molecule has 40 heavy (non-hydrogen) atoms. The molecular formula is C24H36N8O7S. The lowest BCUT2D eigenvalue weighted by Crippen LogP contribution is -2.57. The number of hydrogen-bond acceptors (Lipinski definition) is 8. The molecule has 0 saturated heterocycles. The fraction of sp³-hybridized carbons (Fsp3) is 0.542. The molecule has 1 aromatic rings. The third-order valence-corrected chi connectivity index (χ3v) is 7.13. The van der Waals surface area contributed by atoms with Crippen molar-refractivity contribution in [2.75, 3.05) is 20.1 Å². The van der Waals surface area contributed by atoms with Crippen molar-refractivity contribution >= 4 is 52.8 Å². The SMILES string of the molecule is CC(C)[C@@H]1NC(=O)c2ccc(s2)CNC(=O)[C@H](CC(=O)O)NC(=O)CNC(=O)[C@H](CCCN=C(N)N)N(C)C1=O. The first-order valence-electron chi connectivity index (χ1n) is 12.6. The highest BCUT2D eigenvalue weighted by Crippen LogP contribution is 2.18. The normalized spacial score (nSPS) is 21.4. The number of carboxylic acid groups (broad SMARTS) is 1. The van der Waals surface area contributed by atoms with Gasteiger partial charge in [0.2, 0.25) is 23.6 Å². The number of nitrogens with zero attached hydrogens (tertiary/aromatic N) is 2. The van der Waals surface area contributed by atoms with Crippen LogP contribution in [0.2, 0.25) is 0 Å². The Balaban J connectivity index is 2.40. The number of likely N-dealkylation sites (N-methyl/N-ethyl adjacent to an activating group) is 1. The van der Waals surface area contributed by atoms with Gasteiger partial charge in [-0.05, 0) is 30.9 Å². The number of aliphatic imine (C=N–C) groups is 1. The van der Waals surface area contributed by atoms with Gasteiger partial charge in [-0.25, -0.2) is 0 Å². The Labute approximate surface area is 235 Å². The van der Waals surface area contributed by atoms with Crippen molar-refractivity contribution in [3.05, 3.63) is 21.9 Å². The van der Waals surface area contributed by atoms with Gasteiger partial charge in [0.15, 0.2) is 5.96 Å². The van der Waals surface area contributed by atoms with Gasteiger partial charge in [-0.15, -0.1) is 11.3 Å². The van der Waals surface area contributed by atoms with E-state index in [0.717, 1.165) is 11.3 Å². The number of amides is 5. The fourth-order valence-corrected chi connectivity index (χ4v) is 4.75. The minimum Gasteiger partial charge on any atom is -0.481 e. The van der Waals surface area contributed by atoms with E-state index in [0.29, 0.717) is 11.3 Å². The second-order valence-corrected chi connectivity index (χ2v) is 10.7. The molecule has 1 aliphatic heterocycles. The molecule has 0 spiro atoms. The van der Waals surface area contributed by atoms with Gasteiger partial charge in [0.25, 0.3) is 5.91 Å². The van der Waals surface area contributed by atoms with Gasteiger partial charge < -0.3 is 42.7 Å². The Kier molecular flexibility index (Phi) is 11.8. The molecule has 9 N–H and O–H groups in total. The van der Waals surface area contributed by atoms with Crippen molar-refractivity contribution < 1.29 is 33.9 Å². The highest BCUT2D eigenvalue weighted by Gasteiger charge is 2.34. The zero-order valence-corrected chi connectivity index (χ0v) is 23.4. The van der Waals surface area contributed by atoms with Gasteiger partial charge in [0.1, 0.15) is 18.1 Å². The molecule has 16 heteroatoms. The number of hydrogen-bond donors (Lipinski definition) is 7. The maximum atomic E-state index is 13.5. The van der Waals surface area contributed by atoms with Crippen LogP contribution in [0, 0.1) is 5.92 Å². The molecule has 0 aromatic carbocycles. The van der Waals surface area contributed by atoms with Crippen molar-refractivity contribution in [3.8, 4) is 0 Å². The second-order valence-electron chi connectivity index (χ2n) is 9.53. The Morgan fingerprint density at radius 2 is 1.77 bits per heavy atom. The zero-order valence-electron chi connectivity index (χ0n) is 22.6. The third kappa shape index (κ3) is 9.52. The maximum absolute atomic E-state index is 13.5. The maximum Gasteiger partial charge on any atom is 0.305 e. The zero-order chi connectivity index (χ0) is 30.0. The molecule has 0 saturated carbocycles. The highest BCUT2D eigenvalue weighted by molar-refractivity contribution is 7.14. The summed E-state index contributed by atoms with van der Waals surface area (Å²) in [4.78, 5) is 82.1. The number of rotatable bonds is 7. The van der Waals surface area contributed by atoms with Crippen LogP contribution in [0.3, 0.4) is 0 Å². The van der Waals surface area contributed by atoms with E-state index >= 15 is 0 Å². The van der Waals surface area contributed by atoms with Gasteiger partial charge in [-0.1, -0.05) is 13.8 Å². The van der Waals surface area contributed by atoms with Crippen LogP contribution in [0.25, 0.3) is 0 Å². The van der Waals surface area contributed by atoms with Crippen LogP contribution in [0.15, 0.2) is 17.1 Å². The summed E-state index contributed by atoms with van der Waals surface area (Å²) >= 11 is 1.08. The lowest BCUT2D eigenvalue weighted by molar-refractivity contribution is -0.142. The molecule has 0 radical (unpaired) electrons. The van der Waals surface area contributed by atoms with Crippen LogP contribution in [-0.2, 0) is 30.5 Å². The van der Waals surface area contributed by atoms with E-state index in [4.69, 9.17) is 11.5 Å². The third-order valence-electron chi connectivity index (χ3n) is 6.04. The van der Waals surface area contributed by atoms with Gasteiger partial charge in [-0.2, -0.15) is 0 Å². The number of thiophene rings is 1. The summed E-state index contributed by atoms with van der Waals surface area (Å²) in [6.07, 6.45) is -0.244. The average molecular weight is 581 g/mol. The molecule has 2 bridgehead atoms. The Hall–Kier alpha value is -4.21. The molecule has 5 amide bonds. The summed E-state index contributed by atoms with van der Waals surface area (Å²) in [6, 6.07) is -0.271. The fourth-order valence-electron chi connectivity index (χ4n) is 3.90. The van der Waals surface area contributed by atoms with E-state index < -0.39 is 66.6 Å². The standard InChI is InChI=1S/C24H36N8O7S/c1-12(2)19-23(39)32(3)15(5-4-8-27-24(25)26)21(37)29-11-17(33)30-14(9-18(34)35)20(36)28-10-13-6-7-16(40-13)22(38)31-19/h6-7,12,14-15,19H,4-5,8-11H2,1-3H3,(H,28,36)(H,29,37)(H,30,33)(H,31,38)(H,34,35)(H4,25,26,27)/t14-,15-,19-/m0/s1. The number of guanidine groups is 1. The first-order valence-corrected chi connectivity index (χ1v) is 13.4. The molecule has 2 heterocycles. The Morgan fingerprint density at radius 1 is 1.10 bits per heavy atom. The van der Waals surface area contributed by atoms with Crippen LogP contribution in [0.5, 0.6) is 0 Å². The van der Waals surface area contributed by atoms with Crippen LogP contribution in [0.4, 0.5) is 0 Å². The van der Waals surface area contributed by atoms with Crippen LogP contribution < -0.4 is 32.7 Å². The number of carboxylic acids is 1. The van der Waals surface area contributed by atoms with Gasteiger partial charge >= 0.3 is 5.97 Å². The molecule has 2 rings (SSSR count). The first kappa shape index (κ1) is 32.0. The summed E-state index contributed by atoms with van der Waals surface area (Å²) in [7, 11) is 1.42. The number of carbonyl (C=O) groups is 6. The van der Waals surface area contributed by atoms with E-state index in [2.05, 4.69) is 26.3 Å². The monoisotopic (exact) mass is 580 g/mol. The minimum absolute atomic E-state index is 0.0175. The van der Waals surface area contributed by atoms with Crippen LogP contribution >= 0.6 is 11.3 Å². The van der Waals surface area contributed by atoms with Crippen LogP contribution in [-0.4, -0.2) is 89.7 Å². The van der Waals surface area contributed by atoms with Crippen molar-refractivity contribution in [3.63, 3.8) is 0 Å². The molecule has 3 atom stereocenters. The Bertz CT molecular complexity index is 1150. The Morgan fingerprint density at radius 3 is 2.40 bits per heavy atom. The number of nitrogens with two attached hydrogens (primary N) is 2. The molecule has 15 nitrogen and oxygen atoms in total. The molecule has 0 unspecified atom stereocenters. The molecule has 220 valence electrons. The van der Waals surface area contributed by atoms with Crippen molar-refractivity contribution in [2.45, 2.75) is 57.8 Å². The van der Waals surface area contributed by atoms with Crippen molar-refractivity contribution in [2.24, 2.45) is 22.4 Å². The molecule has 1 aliphatic rings. The molecule has 0 fully saturated rings. The van der Waals surface area contributed by atoms with Crippen molar-refractivity contribution in [1.82, 2.24) is 26.2 Å². The van der Waals surface area contributed by atoms with E-state index in [1.807, 2.05) is 0 Å². The molecular weight excluding hydrogens is 544 g/mol. The lowest BCUT2D eigenvalue weighted by Gasteiger charge is -2.32. The summed E-state index contributed by atoms with van der Waals surface area (Å²) in [5.41, 5.74) is 10.7. The quantitative estimate of drug-likeness (QED) is 0.108. The second kappa shape index (κ2) is 14.8. The van der Waals surface area contributed by atoms with E-state index in [-0.39, 0.29) is 36.3 Å². The minimum atomic E-state index is -1.41. The lowest BCUT2D eigenvalue weighted by atomic mass is 10.0. The van der Waals surface area contributed by atoms with E-state index in [9.17, 15) is 33.9 Å². The number of fused-ring (bicyclic) bond motifs is 2. The van der Waals surface area contributed by atoms with Gasteiger partial charge in [0, 0.05) is 18.5 Å². The van der Waals surface area contributed by atoms with Crippen LogP contribution in [0.1, 0.15) is 47.7 Å². The van der Waals surface area contributed by atoms with Gasteiger partial charge in [0.05, 0.1) is 24.4 Å². The number of nitrogens with one attached hydrogen (secondary N) is 4. The summed E-state index contributed by atoms with van der Waals surface area (Å²) < 4.78 is 0. The predicted octanol–water partition coefficient (Wildman–Crippen LogP) is -1.91.